The summed E-state index contributed by atoms with van der Waals surface area (Å²) in [5.41, 5.74) is 4.70. The third kappa shape index (κ3) is 8.93. The number of nitrogens with zero attached hydrogens (tertiary/aromatic N) is 2. The van der Waals surface area contributed by atoms with Gasteiger partial charge in [0.2, 0.25) is 6.23 Å². The molecule has 1 aliphatic rings. The molecular weight excluding hydrogens is 601 g/mol. The molecule has 238 valence electrons. The van der Waals surface area contributed by atoms with Crippen molar-refractivity contribution in [3.05, 3.63) is 52.6 Å². The number of methoxy groups -OCH3 is 1. The number of esters is 1. The standard InChI is InChI=1S/C25H33F2N4O11P/c1-14(2)40-21(33)15(3)30-43(36,13-37-4)42-17-7-5-16(6-8-17)11-38-24(35)39-12-18-20(32)25(26,27)22(41-18)31-10-9-19(28)29-23(31)34/h5-10,14-15,18,20,22,32H,11-13H2,1-4H3,(H,30,36)(H2,28,29,34)/t15?,18-,20-,22-,43?/m1/s1. The average Bonchev–Trinajstić information content (AvgIpc) is 3.14. The van der Waals surface area contributed by atoms with Gasteiger partial charge in [0, 0.05) is 13.3 Å². The third-order valence-electron chi connectivity index (χ3n) is 5.78. The van der Waals surface area contributed by atoms with Gasteiger partial charge in [-0.1, -0.05) is 12.1 Å². The molecule has 15 nitrogen and oxygen atoms in total. The first-order chi connectivity index (χ1) is 20.1. The zero-order chi connectivity index (χ0) is 31.9. The summed E-state index contributed by atoms with van der Waals surface area (Å²) in [5, 5.41) is 12.6. The van der Waals surface area contributed by atoms with Gasteiger partial charge in [-0.25, -0.2) is 14.7 Å². The normalized spacial score (nSPS) is 21.5. The SMILES string of the molecule is COCP(=O)(NC(C)C(=O)OC(C)C)Oc1ccc(COC(=O)OC[C@H]2O[C@@H](n3ccc(N)nc3=O)C(F)(F)[C@@H]2O)cc1. The number of hydrogen-bond acceptors (Lipinski definition) is 13. The number of carbonyl (C=O) groups excluding carboxylic acids is 2. The molecule has 2 heterocycles. The molecule has 5 atom stereocenters. The van der Waals surface area contributed by atoms with Crippen LogP contribution < -0.4 is 21.0 Å². The Hall–Kier alpha value is -3.63. The average molecular weight is 635 g/mol. The maximum atomic E-state index is 14.6. The first-order valence-electron chi connectivity index (χ1n) is 12.9. The molecule has 43 heavy (non-hydrogen) atoms. The molecule has 1 fully saturated rings. The van der Waals surface area contributed by atoms with E-state index in [0.29, 0.717) is 10.1 Å². The van der Waals surface area contributed by atoms with E-state index >= 15 is 0 Å². The van der Waals surface area contributed by atoms with Crippen LogP contribution in [0.25, 0.3) is 0 Å². The van der Waals surface area contributed by atoms with E-state index in [1.54, 1.807) is 13.8 Å². The molecule has 1 aromatic carbocycles. The zero-order valence-electron chi connectivity index (χ0n) is 23.7. The van der Waals surface area contributed by atoms with E-state index < -0.39 is 62.3 Å². The molecule has 0 radical (unpaired) electrons. The molecule has 2 unspecified atom stereocenters. The molecule has 0 amide bonds. The largest absolute Gasteiger partial charge is 0.508 e. The number of nitrogens with two attached hydrogens (primary N) is 1. The van der Waals surface area contributed by atoms with Gasteiger partial charge in [-0.05, 0) is 44.5 Å². The topological polar surface area (TPSA) is 200 Å². The Morgan fingerprint density at radius 2 is 1.88 bits per heavy atom. The highest BCUT2D eigenvalue weighted by molar-refractivity contribution is 7.57. The molecule has 1 saturated heterocycles. The van der Waals surface area contributed by atoms with E-state index in [1.165, 1.54) is 38.3 Å². The monoisotopic (exact) mass is 634 g/mol. The fraction of sp³-hybridized carbons (Fsp3) is 0.520. The number of aliphatic hydroxyl groups is 1. The first kappa shape index (κ1) is 33.9. The molecule has 0 bridgehead atoms. The summed E-state index contributed by atoms with van der Waals surface area (Å²) < 4.78 is 73.4. The Bertz CT molecular complexity index is 1380. The quantitative estimate of drug-likeness (QED) is 0.214. The van der Waals surface area contributed by atoms with Gasteiger partial charge in [0.1, 0.15) is 43.3 Å². The van der Waals surface area contributed by atoms with Gasteiger partial charge in [0.05, 0.1) is 6.10 Å². The van der Waals surface area contributed by atoms with Gasteiger partial charge in [-0.3, -0.25) is 13.9 Å². The Kier molecular flexibility index (Phi) is 11.2. The van der Waals surface area contributed by atoms with Crippen LogP contribution in [0.5, 0.6) is 5.75 Å². The van der Waals surface area contributed by atoms with Crippen LogP contribution in [0.2, 0.25) is 0 Å². The predicted molar refractivity (Wildman–Crippen MR) is 144 cm³/mol. The van der Waals surface area contributed by atoms with Crippen molar-refractivity contribution in [3.8, 4) is 5.75 Å². The number of aromatic nitrogens is 2. The lowest BCUT2D eigenvalue weighted by molar-refractivity contribution is -0.149. The lowest BCUT2D eigenvalue weighted by atomic mass is 10.1. The number of ether oxygens (including phenoxy) is 5. The fourth-order valence-electron chi connectivity index (χ4n) is 3.80. The lowest BCUT2D eigenvalue weighted by Crippen LogP contribution is -2.42. The first-order valence-corrected chi connectivity index (χ1v) is 14.7. The van der Waals surface area contributed by atoms with E-state index in [9.17, 15) is 32.8 Å². The second-order valence-electron chi connectivity index (χ2n) is 9.70. The minimum absolute atomic E-state index is 0.155. The number of halogens is 2. The van der Waals surface area contributed by atoms with E-state index in [1.807, 2.05) is 0 Å². The summed E-state index contributed by atoms with van der Waals surface area (Å²) in [7, 11) is -2.38. The van der Waals surface area contributed by atoms with E-state index in [-0.39, 0.29) is 30.6 Å². The Balaban J connectivity index is 1.52. The maximum absolute atomic E-state index is 14.6. The van der Waals surface area contributed by atoms with E-state index in [4.69, 9.17) is 33.9 Å². The summed E-state index contributed by atoms with van der Waals surface area (Å²) in [6.45, 7) is 3.72. The van der Waals surface area contributed by atoms with Crippen LogP contribution in [0.1, 0.15) is 32.6 Å². The Labute approximate surface area is 244 Å². The van der Waals surface area contributed by atoms with Crippen LogP contribution in [0.4, 0.5) is 19.4 Å². The number of carbonyl (C=O) groups is 2. The van der Waals surface area contributed by atoms with Crippen molar-refractivity contribution < 1.29 is 56.2 Å². The van der Waals surface area contributed by atoms with Gasteiger partial charge in [0.15, 0.2) is 6.10 Å². The van der Waals surface area contributed by atoms with Crippen LogP contribution in [-0.4, -0.2) is 77.1 Å². The van der Waals surface area contributed by atoms with Crippen LogP contribution in [0.3, 0.4) is 0 Å². The minimum Gasteiger partial charge on any atom is -0.462 e. The summed E-state index contributed by atoms with van der Waals surface area (Å²) >= 11 is 0. The van der Waals surface area contributed by atoms with Gasteiger partial charge >= 0.3 is 31.3 Å². The number of benzene rings is 1. The number of hydrogen-bond donors (Lipinski definition) is 3. The van der Waals surface area contributed by atoms with Crippen LogP contribution in [0, 0.1) is 0 Å². The second-order valence-corrected chi connectivity index (χ2v) is 11.7. The second kappa shape index (κ2) is 14.2. The number of nitrogens with one attached hydrogen (secondary N) is 1. The van der Waals surface area contributed by atoms with E-state index in [0.717, 1.165) is 12.3 Å². The van der Waals surface area contributed by atoms with Gasteiger partial charge in [0.25, 0.3) is 0 Å². The maximum Gasteiger partial charge on any atom is 0.508 e. The number of alkyl halides is 2. The van der Waals surface area contributed by atoms with Crippen molar-refractivity contribution in [1.82, 2.24) is 14.6 Å². The number of aliphatic hydroxyl groups excluding tert-OH is 1. The molecule has 0 aliphatic carbocycles. The summed E-state index contributed by atoms with van der Waals surface area (Å²) in [4.78, 5) is 39.5. The number of nitrogen functional groups attached to an aromatic ring is 1. The molecule has 0 saturated carbocycles. The molecule has 1 aliphatic heterocycles. The molecule has 1 aromatic heterocycles. The highest BCUT2D eigenvalue weighted by Gasteiger charge is 2.60. The minimum atomic E-state index is -3.92. The van der Waals surface area contributed by atoms with Crippen LogP contribution in [0.15, 0.2) is 41.3 Å². The van der Waals surface area contributed by atoms with Crippen LogP contribution in [-0.2, 0) is 39.7 Å². The number of anilines is 1. The third-order valence-corrected chi connectivity index (χ3v) is 7.66. The van der Waals surface area contributed by atoms with Crippen molar-refractivity contribution in [2.75, 3.05) is 25.8 Å². The Morgan fingerprint density at radius 3 is 2.49 bits per heavy atom. The van der Waals surface area contributed by atoms with Gasteiger partial charge in [-0.2, -0.15) is 13.8 Å². The fourth-order valence-corrected chi connectivity index (χ4v) is 5.48. The predicted octanol–water partition coefficient (Wildman–Crippen LogP) is 2.18. The summed E-state index contributed by atoms with van der Waals surface area (Å²) in [6.07, 6.45) is -7.31. The highest BCUT2D eigenvalue weighted by Crippen LogP contribution is 2.44. The lowest BCUT2D eigenvalue weighted by Gasteiger charge is -2.23. The molecule has 18 heteroatoms. The van der Waals surface area contributed by atoms with E-state index in [2.05, 4.69) is 10.1 Å². The zero-order valence-corrected chi connectivity index (χ0v) is 24.6. The highest BCUT2D eigenvalue weighted by atomic mass is 31.2. The summed E-state index contributed by atoms with van der Waals surface area (Å²) in [6, 6.07) is 6.00. The van der Waals surface area contributed by atoms with Crippen molar-refractivity contribution in [2.45, 2.75) is 63.9 Å². The van der Waals surface area contributed by atoms with Crippen LogP contribution >= 0.6 is 7.52 Å². The van der Waals surface area contributed by atoms with Gasteiger partial charge < -0.3 is 39.0 Å². The van der Waals surface area contributed by atoms with Crippen molar-refractivity contribution in [1.29, 1.82) is 0 Å². The van der Waals surface area contributed by atoms with Crippen molar-refractivity contribution in [2.24, 2.45) is 0 Å². The molecular formula is C25H33F2N4O11P. The number of rotatable bonds is 13. The molecule has 3 rings (SSSR count). The molecule has 0 spiro atoms. The van der Waals surface area contributed by atoms with Crippen molar-refractivity contribution in [3.63, 3.8) is 0 Å². The summed E-state index contributed by atoms with van der Waals surface area (Å²) in [5.74, 6) is -4.57. The molecule has 2 aromatic rings. The molecule has 4 N–H and O–H groups in total. The van der Waals surface area contributed by atoms with Gasteiger partial charge in [-0.15, -0.1) is 0 Å². The smallest absolute Gasteiger partial charge is 0.462 e. The Morgan fingerprint density at radius 1 is 1.21 bits per heavy atom. The van der Waals surface area contributed by atoms with Crippen molar-refractivity contribution >= 4 is 25.5 Å².